The van der Waals surface area contributed by atoms with Crippen LogP contribution in [0.2, 0.25) is 0 Å². The predicted octanol–water partition coefficient (Wildman–Crippen LogP) is 2.37. The smallest absolute Gasteiger partial charge is 0.191 e. The van der Waals surface area contributed by atoms with Crippen LogP contribution >= 0.6 is 24.0 Å². The lowest BCUT2D eigenvalue weighted by Gasteiger charge is -2.10. The van der Waals surface area contributed by atoms with Crippen molar-refractivity contribution < 1.29 is 4.52 Å². The number of aliphatic imine (C=N–C) groups is 1. The van der Waals surface area contributed by atoms with Crippen molar-refractivity contribution in [2.24, 2.45) is 4.99 Å². The molecule has 0 radical (unpaired) electrons. The van der Waals surface area contributed by atoms with E-state index in [-0.39, 0.29) is 24.0 Å². The van der Waals surface area contributed by atoms with Gasteiger partial charge in [0.2, 0.25) is 0 Å². The van der Waals surface area contributed by atoms with Crippen LogP contribution in [0.3, 0.4) is 0 Å². The molecule has 0 saturated heterocycles. The number of rotatable bonds is 7. The quantitative estimate of drug-likeness (QED) is 0.304. The Morgan fingerprint density at radius 3 is 2.83 bits per heavy atom. The number of halogens is 1. The molecule has 0 bridgehead atoms. The number of hydrogen-bond acceptors (Lipinski definition) is 4. The average Bonchev–Trinajstić information content (AvgIpc) is 3.18. The lowest BCUT2D eigenvalue weighted by atomic mass is 10.1. The number of nitrogens with one attached hydrogen (secondary N) is 2. The Morgan fingerprint density at radius 1 is 1.39 bits per heavy atom. The molecule has 2 aromatic rings. The van der Waals surface area contributed by atoms with Gasteiger partial charge >= 0.3 is 0 Å². The summed E-state index contributed by atoms with van der Waals surface area (Å²) in [6, 6.07) is 3.90. The van der Waals surface area contributed by atoms with Gasteiger partial charge in [-0.3, -0.25) is 9.67 Å². The second-order valence-corrected chi connectivity index (χ2v) is 5.35. The normalized spacial score (nSPS) is 11.4. The van der Waals surface area contributed by atoms with Crippen molar-refractivity contribution in [2.45, 2.75) is 39.3 Å². The average molecular weight is 432 g/mol. The molecule has 0 saturated carbocycles. The van der Waals surface area contributed by atoms with E-state index in [4.69, 9.17) is 4.52 Å². The highest BCUT2D eigenvalue weighted by Crippen LogP contribution is 2.13. The zero-order valence-electron chi connectivity index (χ0n) is 13.8. The van der Waals surface area contributed by atoms with Crippen LogP contribution in [0, 0.1) is 0 Å². The van der Waals surface area contributed by atoms with Crippen molar-refractivity contribution >= 4 is 29.9 Å². The van der Waals surface area contributed by atoms with Gasteiger partial charge in [0, 0.05) is 38.6 Å². The van der Waals surface area contributed by atoms with Gasteiger partial charge in [-0.25, -0.2) is 0 Å². The summed E-state index contributed by atoms with van der Waals surface area (Å²) < 4.78 is 7.21. The minimum absolute atomic E-state index is 0. The molecule has 0 spiro atoms. The Labute approximate surface area is 153 Å². The SMILES string of the molecule is CN=C(NCCCn1cccn1)NCc1cc(C(C)C)no1.I. The van der Waals surface area contributed by atoms with E-state index in [2.05, 4.69) is 39.7 Å². The molecule has 0 aliphatic carbocycles. The first-order valence-electron chi connectivity index (χ1n) is 7.56. The summed E-state index contributed by atoms with van der Waals surface area (Å²) in [6.07, 6.45) is 4.72. The van der Waals surface area contributed by atoms with Crippen molar-refractivity contribution in [3.63, 3.8) is 0 Å². The van der Waals surface area contributed by atoms with Crippen molar-refractivity contribution in [1.29, 1.82) is 0 Å². The second-order valence-electron chi connectivity index (χ2n) is 5.35. The van der Waals surface area contributed by atoms with E-state index in [0.29, 0.717) is 12.5 Å². The van der Waals surface area contributed by atoms with Crippen LogP contribution in [0.15, 0.2) is 34.0 Å². The third kappa shape index (κ3) is 6.59. The van der Waals surface area contributed by atoms with Crippen molar-refractivity contribution in [3.05, 3.63) is 36.0 Å². The fourth-order valence-corrected chi connectivity index (χ4v) is 1.96. The van der Waals surface area contributed by atoms with Crippen molar-refractivity contribution in [3.8, 4) is 0 Å². The summed E-state index contributed by atoms with van der Waals surface area (Å²) >= 11 is 0. The molecule has 2 heterocycles. The van der Waals surface area contributed by atoms with E-state index in [1.807, 2.05) is 23.0 Å². The number of aryl methyl sites for hydroxylation is 1. The van der Waals surface area contributed by atoms with Gasteiger partial charge in [0.25, 0.3) is 0 Å². The fraction of sp³-hybridized carbons (Fsp3) is 0.533. The Bertz CT molecular complexity index is 579. The first-order chi connectivity index (χ1) is 10.7. The van der Waals surface area contributed by atoms with Crippen LogP contribution in [0.5, 0.6) is 0 Å². The van der Waals surface area contributed by atoms with E-state index in [1.165, 1.54) is 0 Å². The Hall–Kier alpha value is -1.58. The molecule has 23 heavy (non-hydrogen) atoms. The summed E-state index contributed by atoms with van der Waals surface area (Å²) in [5.74, 6) is 1.93. The summed E-state index contributed by atoms with van der Waals surface area (Å²) in [7, 11) is 1.75. The molecular weight excluding hydrogens is 407 g/mol. The lowest BCUT2D eigenvalue weighted by Crippen LogP contribution is -2.37. The van der Waals surface area contributed by atoms with E-state index in [1.54, 1.807) is 13.2 Å². The molecule has 128 valence electrons. The third-order valence-corrected chi connectivity index (χ3v) is 3.24. The van der Waals surface area contributed by atoms with E-state index >= 15 is 0 Å². The van der Waals surface area contributed by atoms with E-state index < -0.39 is 0 Å². The van der Waals surface area contributed by atoms with Crippen LogP contribution in [-0.2, 0) is 13.1 Å². The number of aromatic nitrogens is 3. The molecule has 2 rings (SSSR count). The van der Waals surface area contributed by atoms with E-state index in [0.717, 1.165) is 36.9 Å². The van der Waals surface area contributed by atoms with Gasteiger partial charge in [-0.1, -0.05) is 19.0 Å². The second kappa shape index (κ2) is 10.2. The summed E-state index contributed by atoms with van der Waals surface area (Å²) in [6.45, 7) is 6.47. The minimum Gasteiger partial charge on any atom is -0.359 e. The highest BCUT2D eigenvalue weighted by molar-refractivity contribution is 14.0. The van der Waals surface area contributed by atoms with E-state index in [9.17, 15) is 0 Å². The van der Waals surface area contributed by atoms with Gasteiger partial charge in [0.05, 0.1) is 12.2 Å². The minimum atomic E-state index is 0. The molecule has 2 aromatic heterocycles. The van der Waals surface area contributed by atoms with Crippen LogP contribution in [-0.4, -0.2) is 34.5 Å². The zero-order valence-corrected chi connectivity index (χ0v) is 16.2. The summed E-state index contributed by atoms with van der Waals surface area (Å²) in [5, 5.41) is 14.7. The first-order valence-corrected chi connectivity index (χ1v) is 7.56. The predicted molar refractivity (Wildman–Crippen MR) is 101 cm³/mol. The molecule has 0 unspecified atom stereocenters. The van der Waals surface area contributed by atoms with Crippen molar-refractivity contribution in [1.82, 2.24) is 25.6 Å². The number of guanidine groups is 1. The molecule has 0 aliphatic rings. The molecule has 2 N–H and O–H groups in total. The molecule has 0 fully saturated rings. The summed E-state index contributed by atoms with van der Waals surface area (Å²) in [5.41, 5.74) is 0.971. The van der Waals surface area contributed by atoms with Gasteiger partial charge in [0.1, 0.15) is 0 Å². The van der Waals surface area contributed by atoms with Crippen molar-refractivity contribution in [2.75, 3.05) is 13.6 Å². The van der Waals surface area contributed by atoms with Gasteiger partial charge in [-0.15, -0.1) is 24.0 Å². The van der Waals surface area contributed by atoms with Gasteiger partial charge in [-0.05, 0) is 18.4 Å². The zero-order chi connectivity index (χ0) is 15.8. The Morgan fingerprint density at radius 2 is 2.22 bits per heavy atom. The molecule has 7 nitrogen and oxygen atoms in total. The Kier molecular flexibility index (Phi) is 8.67. The summed E-state index contributed by atoms with van der Waals surface area (Å²) in [4.78, 5) is 4.19. The third-order valence-electron chi connectivity index (χ3n) is 3.24. The largest absolute Gasteiger partial charge is 0.359 e. The molecule has 0 atom stereocenters. The standard InChI is InChI=1S/C15H24N6O.HI/c1-12(2)14-10-13(22-20-14)11-18-15(16-3)17-6-4-8-21-9-5-7-19-21;/h5,7,9-10,12H,4,6,8,11H2,1-3H3,(H2,16,17,18);1H. The van der Waals surface area contributed by atoms with Crippen LogP contribution in [0.1, 0.15) is 37.6 Å². The molecule has 0 aromatic carbocycles. The van der Waals surface area contributed by atoms with Gasteiger partial charge in [0.15, 0.2) is 11.7 Å². The first kappa shape index (κ1) is 19.5. The maximum absolute atomic E-state index is 5.29. The topological polar surface area (TPSA) is 80.3 Å². The lowest BCUT2D eigenvalue weighted by molar-refractivity contribution is 0.372. The van der Waals surface area contributed by atoms with Crippen LogP contribution < -0.4 is 10.6 Å². The van der Waals surface area contributed by atoms with Gasteiger partial charge in [-0.2, -0.15) is 5.10 Å². The maximum atomic E-state index is 5.29. The Balaban J connectivity index is 0.00000264. The molecule has 0 aliphatic heterocycles. The number of nitrogens with zero attached hydrogens (tertiary/aromatic N) is 4. The monoisotopic (exact) mass is 432 g/mol. The highest BCUT2D eigenvalue weighted by atomic mass is 127. The molecular formula is C15H25IN6O. The molecule has 0 amide bonds. The highest BCUT2D eigenvalue weighted by Gasteiger charge is 2.07. The van der Waals surface area contributed by atoms with Crippen LogP contribution in [0.25, 0.3) is 0 Å². The maximum Gasteiger partial charge on any atom is 0.191 e. The fourth-order valence-electron chi connectivity index (χ4n) is 1.96. The number of hydrogen-bond donors (Lipinski definition) is 2. The van der Waals surface area contributed by atoms with Gasteiger partial charge < -0.3 is 15.2 Å². The van der Waals surface area contributed by atoms with Crippen LogP contribution in [0.4, 0.5) is 0 Å². The molecule has 8 heteroatoms.